The quantitative estimate of drug-likeness (QED) is 0.869. The SMILES string of the molecule is CN1CCCC1CCOc1ncc(C#N)cc1N. The van der Waals surface area contributed by atoms with Gasteiger partial charge in [-0.3, -0.25) is 0 Å². The summed E-state index contributed by atoms with van der Waals surface area (Å²) in [5, 5.41) is 8.71. The Morgan fingerprint density at radius 2 is 2.50 bits per heavy atom. The highest BCUT2D eigenvalue weighted by Crippen LogP contribution is 2.21. The van der Waals surface area contributed by atoms with Crippen molar-refractivity contribution in [2.45, 2.75) is 25.3 Å². The van der Waals surface area contributed by atoms with Crippen LogP contribution in [0.3, 0.4) is 0 Å². The average molecular weight is 246 g/mol. The fourth-order valence-electron chi connectivity index (χ4n) is 2.29. The molecule has 0 aliphatic carbocycles. The van der Waals surface area contributed by atoms with Crippen LogP contribution in [0.2, 0.25) is 0 Å². The maximum absolute atomic E-state index is 8.71. The van der Waals surface area contributed by atoms with E-state index in [0.717, 1.165) is 6.42 Å². The van der Waals surface area contributed by atoms with E-state index in [1.165, 1.54) is 25.6 Å². The van der Waals surface area contributed by atoms with E-state index in [2.05, 4.69) is 16.9 Å². The average Bonchev–Trinajstić information content (AvgIpc) is 2.77. The molecule has 1 aromatic heterocycles. The zero-order valence-electron chi connectivity index (χ0n) is 10.6. The monoisotopic (exact) mass is 246 g/mol. The Bertz CT molecular complexity index is 455. The van der Waals surface area contributed by atoms with Gasteiger partial charge in [-0.15, -0.1) is 0 Å². The molecular weight excluding hydrogens is 228 g/mol. The second kappa shape index (κ2) is 5.69. The molecule has 1 unspecified atom stereocenters. The maximum Gasteiger partial charge on any atom is 0.237 e. The van der Waals surface area contributed by atoms with E-state index in [9.17, 15) is 0 Å². The van der Waals surface area contributed by atoms with Gasteiger partial charge in [0.05, 0.1) is 17.9 Å². The summed E-state index contributed by atoms with van der Waals surface area (Å²) in [5.41, 5.74) is 6.65. The van der Waals surface area contributed by atoms with Gasteiger partial charge in [0.2, 0.25) is 5.88 Å². The van der Waals surface area contributed by atoms with Crippen molar-refractivity contribution in [1.29, 1.82) is 5.26 Å². The molecule has 0 spiro atoms. The van der Waals surface area contributed by atoms with Crippen molar-refractivity contribution in [1.82, 2.24) is 9.88 Å². The van der Waals surface area contributed by atoms with E-state index in [-0.39, 0.29) is 0 Å². The molecule has 18 heavy (non-hydrogen) atoms. The summed E-state index contributed by atoms with van der Waals surface area (Å²) < 4.78 is 5.57. The van der Waals surface area contributed by atoms with Crippen molar-refractivity contribution in [2.24, 2.45) is 0 Å². The summed E-state index contributed by atoms with van der Waals surface area (Å²) in [6.07, 6.45) is 4.96. The number of nitrogen functional groups attached to an aromatic ring is 1. The van der Waals surface area contributed by atoms with Crippen LogP contribution in [0.1, 0.15) is 24.8 Å². The van der Waals surface area contributed by atoms with Gasteiger partial charge in [-0.2, -0.15) is 5.26 Å². The van der Waals surface area contributed by atoms with E-state index in [1.807, 2.05) is 6.07 Å². The number of rotatable bonds is 4. The normalized spacial score (nSPS) is 19.7. The first-order chi connectivity index (χ1) is 8.70. The van der Waals surface area contributed by atoms with Gasteiger partial charge in [0.15, 0.2) is 0 Å². The smallest absolute Gasteiger partial charge is 0.237 e. The summed E-state index contributed by atoms with van der Waals surface area (Å²) >= 11 is 0. The first-order valence-electron chi connectivity index (χ1n) is 6.19. The molecule has 1 saturated heterocycles. The number of nitriles is 1. The summed E-state index contributed by atoms with van der Waals surface area (Å²) in [6, 6.07) is 4.19. The second-order valence-electron chi connectivity index (χ2n) is 4.64. The molecule has 2 rings (SSSR count). The Kier molecular flexibility index (Phi) is 4.00. The predicted molar refractivity (Wildman–Crippen MR) is 69.1 cm³/mol. The number of hydrogen-bond acceptors (Lipinski definition) is 5. The van der Waals surface area contributed by atoms with Gasteiger partial charge >= 0.3 is 0 Å². The number of nitrogens with zero attached hydrogens (tertiary/aromatic N) is 3. The maximum atomic E-state index is 8.71. The van der Waals surface area contributed by atoms with Gasteiger partial charge in [0.25, 0.3) is 0 Å². The van der Waals surface area contributed by atoms with Gasteiger partial charge in [-0.25, -0.2) is 4.98 Å². The van der Waals surface area contributed by atoms with Crippen molar-refractivity contribution in [3.05, 3.63) is 17.8 Å². The summed E-state index contributed by atoms with van der Waals surface area (Å²) in [4.78, 5) is 6.41. The van der Waals surface area contributed by atoms with Gasteiger partial charge in [0.1, 0.15) is 6.07 Å². The number of likely N-dealkylation sites (tertiary alicyclic amines) is 1. The highest BCUT2D eigenvalue weighted by atomic mass is 16.5. The molecule has 1 aliphatic rings. The van der Waals surface area contributed by atoms with Gasteiger partial charge in [0, 0.05) is 12.2 Å². The molecule has 2 N–H and O–H groups in total. The van der Waals surface area contributed by atoms with E-state index < -0.39 is 0 Å². The van der Waals surface area contributed by atoms with Crippen LogP contribution in [0.4, 0.5) is 5.69 Å². The minimum atomic E-state index is 0.425. The van der Waals surface area contributed by atoms with Crippen LogP contribution in [-0.2, 0) is 0 Å². The third-order valence-electron chi connectivity index (χ3n) is 3.37. The molecule has 0 aromatic carbocycles. The molecule has 1 atom stereocenters. The van der Waals surface area contributed by atoms with E-state index in [0.29, 0.717) is 29.8 Å². The van der Waals surface area contributed by atoms with Crippen molar-refractivity contribution >= 4 is 5.69 Å². The number of anilines is 1. The van der Waals surface area contributed by atoms with Crippen LogP contribution in [0.15, 0.2) is 12.3 Å². The van der Waals surface area contributed by atoms with Crippen molar-refractivity contribution in [2.75, 3.05) is 25.9 Å². The number of aromatic nitrogens is 1. The lowest BCUT2D eigenvalue weighted by Gasteiger charge is -2.19. The third-order valence-corrected chi connectivity index (χ3v) is 3.37. The van der Waals surface area contributed by atoms with E-state index in [4.69, 9.17) is 15.7 Å². The largest absolute Gasteiger partial charge is 0.476 e. The van der Waals surface area contributed by atoms with Crippen LogP contribution in [0.25, 0.3) is 0 Å². The Hall–Kier alpha value is -1.80. The van der Waals surface area contributed by atoms with E-state index >= 15 is 0 Å². The fraction of sp³-hybridized carbons (Fsp3) is 0.538. The molecule has 0 bridgehead atoms. The minimum Gasteiger partial charge on any atom is -0.476 e. The number of nitrogens with two attached hydrogens (primary N) is 1. The van der Waals surface area contributed by atoms with Crippen molar-refractivity contribution < 1.29 is 4.74 Å². The van der Waals surface area contributed by atoms with Gasteiger partial charge in [-0.1, -0.05) is 0 Å². The Morgan fingerprint density at radius 1 is 1.67 bits per heavy atom. The van der Waals surface area contributed by atoms with Gasteiger partial charge < -0.3 is 15.4 Å². The standard InChI is InChI=1S/C13H18N4O/c1-17-5-2-3-11(17)4-6-18-13-12(15)7-10(8-14)9-16-13/h7,9,11H,2-6,15H2,1H3. The lowest BCUT2D eigenvalue weighted by atomic mass is 10.1. The molecule has 1 aliphatic heterocycles. The van der Waals surface area contributed by atoms with Crippen LogP contribution in [0, 0.1) is 11.3 Å². The number of pyridine rings is 1. The predicted octanol–water partition coefficient (Wildman–Crippen LogP) is 1.40. The zero-order valence-corrected chi connectivity index (χ0v) is 10.6. The lowest BCUT2D eigenvalue weighted by molar-refractivity contribution is 0.229. The Labute approximate surface area is 107 Å². The number of hydrogen-bond donors (Lipinski definition) is 1. The molecule has 5 nitrogen and oxygen atoms in total. The van der Waals surface area contributed by atoms with Gasteiger partial charge in [-0.05, 0) is 38.9 Å². The van der Waals surface area contributed by atoms with Crippen molar-refractivity contribution in [3.63, 3.8) is 0 Å². The molecule has 1 aromatic rings. The molecule has 5 heteroatoms. The first kappa shape index (κ1) is 12.7. The molecule has 1 fully saturated rings. The zero-order chi connectivity index (χ0) is 13.0. The van der Waals surface area contributed by atoms with Crippen LogP contribution >= 0.6 is 0 Å². The van der Waals surface area contributed by atoms with Crippen LogP contribution in [0.5, 0.6) is 5.88 Å². The number of ether oxygens (including phenoxy) is 1. The molecular formula is C13H18N4O. The highest BCUT2D eigenvalue weighted by molar-refractivity contribution is 5.51. The lowest BCUT2D eigenvalue weighted by Crippen LogP contribution is -2.26. The molecule has 2 heterocycles. The first-order valence-corrected chi connectivity index (χ1v) is 6.19. The Balaban J connectivity index is 1.85. The van der Waals surface area contributed by atoms with Crippen LogP contribution in [-0.4, -0.2) is 36.1 Å². The molecule has 0 amide bonds. The highest BCUT2D eigenvalue weighted by Gasteiger charge is 2.20. The summed E-state index contributed by atoms with van der Waals surface area (Å²) in [7, 11) is 2.14. The molecule has 96 valence electrons. The summed E-state index contributed by atoms with van der Waals surface area (Å²) in [6.45, 7) is 1.78. The Morgan fingerprint density at radius 3 is 3.11 bits per heavy atom. The molecule has 0 radical (unpaired) electrons. The second-order valence-corrected chi connectivity index (χ2v) is 4.64. The molecule has 0 saturated carbocycles. The minimum absolute atomic E-state index is 0.425. The topological polar surface area (TPSA) is 75.2 Å². The third kappa shape index (κ3) is 2.90. The van der Waals surface area contributed by atoms with Crippen LogP contribution < -0.4 is 10.5 Å². The fourth-order valence-corrected chi connectivity index (χ4v) is 2.29. The van der Waals surface area contributed by atoms with E-state index in [1.54, 1.807) is 6.07 Å². The van der Waals surface area contributed by atoms with Crippen molar-refractivity contribution in [3.8, 4) is 11.9 Å². The summed E-state index contributed by atoms with van der Waals surface area (Å²) in [5.74, 6) is 0.426.